The lowest BCUT2D eigenvalue weighted by atomic mass is 10.0. The molecule has 0 unspecified atom stereocenters. The molecule has 0 spiro atoms. The monoisotopic (exact) mass is 449 g/mol. The zero-order valence-electron chi connectivity index (χ0n) is 20.3. The smallest absolute Gasteiger partial charge is 0.293 e. The van der Waals surface area contributed by atoms with Crippen LogP contribution < -0.4 is 10.5 Å². The summed E-state index contributed by atoms with van der Waals surface area (Å²) in [5.74, 6) is 0.592. The van der Waals surface area contributed by atoms with Gasteiger partial charge in [0.2, 0.25) is 0 Å². The molecule has 2 fully saturated rings. The van der Waals surface area contributed by atoms with E-state index < -0.39 is 0 Å². The van der Waals surface area contributed by atoms with Gasteiger partial charge in [0.15, 0.2) is 5.82 Å². The molecule has 0 radical (unpaired) electrons. The first-order valence-corrected chi connectivity index (χ1v) is 12.6. The van der Waals surface area contributed by atoms with Crippen LogP contribution in [0, 0.1) is 0 Å². The summed E-state index contributed by atoms with van der Waals surface area (Å²) in [6, 6.07) is 10.9. The van der Waals surface area contributed by atoms with Gasteiger partial charge in [-0.25, -0.2) is 4.98 Å². The highest BCUT2D eigenvalue weighted by atomic mass is 16.1. The Morgan fingerprint density at radius 3 is 2.48 bits per heavy atom. The first kappa shape index (κ1) is 23.7. The molecule has 0 saturated carbocycles. The van der Waals surface area contributed by atoms with Crippen molar-refractivity contribution in [3.05, 3.63) is 64.2 Å². The van der Waals surface area contributed by atoms with Crippen molar-refractivity contribution in [2.75, 3.05) is 51.2 Å². The average molecular weight is 450 g/mol. The summed E-state index contributed by atoms with van der Waals surface area (Å²) < 4.78 is 1.85. The molecule has 4 rings (SSSR count). The average Bonchev–Trinajstić information content (AvgIpc) is 2.85. The molecule has 6 nitrogen and oxygen atoms in total. The third-order valence-corrected chi connectivity index (χ3v) is 7.13. The largest absolute Gasteiger partial charge is 0.352 e. The van der Waals surface area contributed by atoms with Crippen molar-refractivity contribution in [2.45, 2.75) is 51.6 Å². The Bertz CT molecular complexity index is 956. The van der Waals surface area contributed by atoms with Gasteiger partial charge in [-0.1, -0.05) is 48.4 Å². The minimum atomic E-state index is 0.0427. The van der Waals surface area contributed by atoms with Gasteiger partial charge in [-0.05, 0) is 51.3 Å². The number of piperidine rings is 2. The van der Waals surface area contributed by atoms with Gasteiger partial charge in [0, 0.05) is 58.2 Å². The molecule has 0 bridgehead atoms. The van der Waals surface area contributed by atoms with Gasteiger partial charge in [-0.15, -0.1) is 0 Å². The summed E-state index contributed by atoms with van der Waals surface area (Å²) in [4.78, 5) is 24.7. The van der Waals surface area contributed by atoms with Crippen LogP contribution in [0.1, 0.15) is 44.6 Å². The zero-order valence-corrected chi connectivity index (χ0v) is 20.3. The minimum Gasteiger partial charge on any atom is -0.352 e. The van der Waals surface area contributed by atoms with E-state index in [4.69, 9.17) is 0 Å². The van der Waals surface area contributed by atoms with Crippen LogP contribution in [0.4, 0.5) is 5.82 Å². The Labute approximate surface area is 198 Å². The van der Waals surface area contributed by atoms with E-state index in [0.29, 0.717) is 11.9 Å². The van der Waals surface area contributed by atoms with E-state index in [1.165, 1.54) is 30.4 Å². The maximum absolute atomic E-state index is 13.1. The summed E-state index contributed by atoms with van der Waals surface area (Å²) in [6.45, 7) is 9.31. The molecule has 2 aliphatic rings. The van der Waals surface area contributed by atoms with E-state index in [1.807, 2.05) is 17.8 Å². The number of anilines is 1. The topological polar surface area (TPSA) is 44.6 Å². The number of hydrogen-bond acceptors (Lipinski definition) is 5. The number of benzene rings is 1. The highest BCUT2D eigenvalue weighted by Crippen LogP contribution is 2.20. The summed E-state index contributed by atoms with van der Waals surface area (Å²) >= 11 is 0. The highest BCUT2D eigenvalue weighted by Gasteiger charge is 2.25. The predicted molar refractivity (Wildman–Crippen MR) is 137 cm³/mol. The van der Waals surface area contributed by atoms with Crippen molar-refractivity contribution < 1.29 is 0 Å². The molecular formula is C27H39N5O. The molecule has 0 aliphatic carbocycles. The van der Waals surface area contributed by atoms with E-state index in [0.717, 1.165) is 58.7 Å². The zero-order chi connectivity index (χ0) is 23.0. The highest BCUT2D eigenvalue weighted by molar-refractivity contribution is 5.52. The number of nitrogens with zero attached hydrogens (tertiary/aromatic N) is 5. The van der Waals surface area contributed by atoms with E-state index in [-0.39, 0.29) is 5.56 Å². The van der Waals surface area contributed by atoms with Crippen molar-refractivity contribution in [2.24, 2.45) is 0 Å². The van der Waals surface area contributed by atoms with Gasteiger partial charge >= 0.3 is 0 Å². The Morgan fingerprint density at radius 2 is 1.76 bits per heavy atom. The molecule has 0 amide bonds. The predicted octanol–water partition coefficient (Wildman–Crippen LogP) is 3.73. The lowest BCUT2D eigenvalue weighted by Crippen LogP contribution is -2.46. The molecule has 3 heterocycles. The van der Waals surface area contributed by atoms with Crippen LogP contribution in [0.3, 0.4) is 0 Å². The summed E-state index contributed by atoms with van der Waals surface area (Å²) in [5.41, 5.74) is 2.69. The van der Waals surface area contributed by atoms with Crippen LogP contribution in [-0.2, 0) is 6.54 Å². The quantitative estimate of drug-likeness (QED) is 0.614. The summed E-state index contributed by atoms with van der Waals surface area (Å²) in [6.07, 6.45) is 11.9. The second kappa shape index (κ2) is 11.6. The first-order valence-electron chi connectivity index (χ1n) is 12.6. The third-order valence-electron chi connectivity index (χ3n) is 7.13. The molecule has 2 saturated heterocycles. The van der Waals surface area contributed by atoms with Crippen molar-refractivity contribution in [1.29, 1.82) is 0 Å². The Hall–Kier alpha value is -2.44. The van der Waals surface area contributed by atoms with E-state index in [2.05, 4.69) is 63.0 Å². The molecule has 2 aliphatic heterocycles. The fourth-order valence-corrected chi connectivity index (χ4v) is 5.16. The molecule has 2 aromatic rings. The summed E-state index contributed by atoms with van der Waals surface area (Å²) in [7, 11) is 2.04. The van der Waals surface area contributed by atoms with Gasteiger partial charge in [0.25, 0.3) is 5.56 Å². The molecule has 6 heteroatoms. The number of likely N-dealkylation sites (tertiary alicyclic amines) is 2. The van der Waals surface area contributed by atoms with Gasteiger partial charge in [-0.2, -0.15) is 0 Å². The SMILES string of the molecule is C/C(=C\c1ccccc1)CN1CCC(N(C)c2nccn(CCN3CCCCC3)c2=O)CC1. The maximum atomic E-state index is 13.1. The van der Waals surface area contributed by atoms with Crippen molar-refractivity contribution in [1.82, 2.24) is 19.4 Å². The lowest BCUT2D eigenvalue weighted by Gasteiger charge is -2.37. The standard InChI is InChI=1S/C27H39N5O/c1-23(21-24-9-5-3-6-10-24)22-31-16-11-25(12-17-31)29(2)26-27(33)32(18-13-28-26)20-19-30-14-7-4-8-15-30/h3,5-6,9-10,13,18,21,25H,4,7-8,11-12,14-17,19-20,22H2,1-2H3/b23-21+. The van der Waals surface area contributed by atoms with Crippen LogP contribution >= 0.6 is 0 Å². The second-order valence-corrected chi connectivity index (χ2v) is 9.67. The first-order chi connectivity index (χ1) is 16.1. The van der Waals surface area contributed by atoms with Crippen LogP contribution in [0.5, 0.6) is 0 Å². The molecule has 1 aromatic carbocycles. The van der Waals surface area contributed by atoms with Crippen molar-refractivity contribution in [3.63, 3.8) is 0 Å². The van der Waals surface area contributed by atoms with Gasteiger partial charge in [0.1, 0.15) is 0 Å². The number of aromatic nitrogens is 2. The van der Waals surface area contributed by atoms with E-state index in [1.54, 1.807) is 6.20 Å². The lowest BCUT2D eigenvalue weighted by molar-refractivity contribution is 0.219. The molecule has 0 atom stereocenters. The van der Waals surface area contributed by atoms with Gasteiger partial charge in [0.05, 0.1) is 0 Å². The number of rotatable bonds is 8. The maximum Gasteiger partial charge on any atom is 0.293 e. The van der Waals surface area contributed by atoms with Crippen LogP contribution in [-0.4, -0.2) is 71.7 Å². The molecular weight excluding hydrogens is 410 g/mol. The third kappa shape index (κ3) is 6.55. The minimum absolute atomic E-state index is 0.0427. The number of hydrogen-bond donors (Lipinski definition) is 0. The normalized spacial score (nSPS) is 19.0. The molecule has 1 aromatic heterocycles. The Balaban J connectivity index is 1.30. The molecule has 178 valence electrons. The van der Waals surface area contributed by atoms with Crippen LogP contribution in [0.15, 0.2) is 53.1 Å². The van der Waals surface area contributed by atoms with Crippen molar-refractivity contribution in [3.8, 4) is 0 Å². The molecule has 33 heavy (non-hydrogen) atoms. The Kier molecular flexibility index (Phi) is 8.35. The molecule has 0 N–H and O–H groups in total. The fraction of sp³-hybridized carbons (Fsp3) is 0.556. The van der Waals surface area contributed by atoms with E-state index in [9.17, 15) is 4.79 Å². The summed E-state index contributed by atoms with van der Waals surface area (Å²) in [5, 5.41) is 0. The van der Waals surface area contributed by atoms with Crippen LogP contribution in [0.2, 0.25) is 0 Å². The van der Waals surface area contributed by atoms with Gasteiger partial charge < -0.3 is 14.4 Å². The van der Waals surface area contributed by atoms with E-state index >= 15 is 0 Å². The van der Waals surface area contributed by atoms with Crippen molar-refractivity contribution >= 4 is 11.9 Å². The second-order valence-electron chi connectivity index (χ2n) is 9.67. The Morgan fingerprint density at radius 1 is 1.03 bits per heavy atom. The van der Waals surface area contributed by atoms with Gasteiger partial charge in [-0.3, -0.25) is 9.69 Å². The fourth-order valence-electron chi connectivity index (χ4n) is 5.16. The van der Waals surface area contributed by atoms with Crippen LogP contribution in [0.25, 0.3) is 6.08 Å².